The molecule has 0 saturated carbocycles. The third kappa shape index (κ3) is 12.2. The van der Waals surface area contributed by atoms with E-state index in [1.165, 1.54) is 128 Å². The Morgan fingerprint density at radius 1 is 0.633 bits per heavy atom. The minimum atomic E-state index is 0.625. The van der Waals surface area contributed by atoms with Crippen LogP contribution in [0.15, 0.2) is 12.4 Å². The van der Waals surface area contributed by atoms with E-state index in [1.807, 2.05) is 0 Å². The summed E-state index contributed by atoms with van der Waals surface area (Å²) in [5.41, 5.74) is 0. The zero-order chi connectivity index (χ0) is 21.9. The zero-order valence-corrected chi connectivity index (χ0v) is 21.2. The van der Waals surface area contributed by atoms with Crippen molar-refractivity contribution in [1.29, 1.82) is 0 Å². The molecule has 0 fully saturated rings. The van der Waals surface area contributed by atoms with Gasteiger partial charge in [-0.25, -0.2) is 9.55 Å². The van der Waals surface area contributed by atoms with Crippen molar-refractivity contribution in [2.24, 2.45) is 0 Å². The van der Waals surface area contributed by atoms with E-state index in [1.54, 1.807) is 0 Å². The first-order valence-corrected chi connectivity index (χ1v) is 13.8. The van der Waals surface area contributed by atoms with Crippen molar-refractivity contribution >= 4 is 0 Å². The van der Waals surface area contributed by atoms with Crippen molar-refractivity contribution in [3.05, 3.63) is 18.2 Å². The molecule has 0 saturated heterocycles. The van der Waals surface area contributed by atoms with Crippen molar-refractivity contribution in [3.63, 3.8) is 0 Å². The van der Waals surface area contributed by atoms with Gasteiger partial charge >= 0.3 is 0 Å². The zero-order valence-electron chi connectivity index (χ0n) is 21.2. The van der Waals surface area contributed by atoms with Gasteiger partial charge < -0.3 is 0 Å². The molecule has 0 radical (unpaired) electrons. The lowest BCUT2D eigenvalue weighted by molar-refractivity contribution is -0.727. The number of unbranched alkanes of at least 4 members (excludes halogenated alkanes) is 13. The molecule has 0 spiro atoms. The molecule has 0 bridgehead atoms. The molecule has 1 heterocycles. The van der Waals surface area contributed by atoms with Gasteiger partial charge in [-0.15, -0.1) is 0 Å². The van der Waals surface area contributed by atoms with Gasteiger partial charge in [0, 0.05) is 0 Å². The third-order valence-electron chi connectivity index (χ3n) is 6.89. The number of nitrogens with zero attached hydrogens (tertiary/aromatic N) is 1. The fraction of sp³-hybridized carbons (Fsp3) is 0.893. The SMILES string of the molecule is CCCCCCCCCCCC(CCCCC)c1[nH]cc[n+]1C(C)CCCCCC. The maximum absolute atomic E-state index is 3.66. The van der Waals surface area contributed by atoms with Crippen molar-refractivity contribution in [1.82, 2.24) is 4.98 Å². The first-order chi connectivity index (χ1) is 14.7. The smallest absolute Gasteiger partial charge is 0.247 e. The Balaban J connectivity index is 2.46. The standard InChI is InChI=1S/C28H54N2/c1-5-8-11-13-14-15-16-17-20-23-27(22-18-10-7-3)28-29-24-25-30(28)26(4)21-19-12-9-6-2/h24-27H,5-23H2,1-4H3/p+1. The van der Waals surface area contributed by atoms with Gasteiger partial charge in [0.25, 0.3) is 5.82 Å². The highest BCUT2D eigenvalue weighted by molar-refractivity contribution is 4.90. The molecule has 1 N–H and O–H groups in total. The van der Waals surface area contributed by atoms with Crippen LogP contribution in [-0.4, -0.2) is 4.98 Å². The summed E-state index contributed by atoms with van der Waals surface area (Å²) in [6.45, 7) is 9.35. The predicted octanol–water partition coefficient (Wildman–Crippen LogP) is 9.42. The third-order valence-corrected chi connectivity index (χ3v) is 6.89. The molecule has 2 unspecified atom stereocenters. The highest BCUT2D eigenvalue weighted by atomic mass is 15.1. The van der Waals surface area contributed by atoms with Crippen molar-refractivity contribution in [3.8, 4) is 0 Å². The van der Waals surface area contributed by atoms with Gasteiger partial charge in [0.1, 0.15) is 12.4 Å². The Kier molecular flexibility index (Phi) is 17.2. The van der Waals surface area contributed by atoms with Crippen LogP contribution in [-0.2, 0) is 0 Å². The summed E-state index contributed by atoms with van der Waals surface area (Å²) < 4.78 is 2.58. The lowest BCUT2D eigenvalue weighted by atomic mass is 9.93. The number of hydrogen-bond donors (Lipinski definition) is 1. The molecule has 2 nitrogen and oxygen atoms in total. The Morgan fingerprint density at radius 2 is 1.07 bits per heavy atom. The predicted molar refractivity (Wildman–Crippen MR) is 133 cm³/mol. The number of H-pyrrole nitrogens is 1. The van der Waals surface area contributed by atoms with E-state index in [-0.39, 0.29) is 0 Å². The van der Waals surface area contributed by atoms with Crippen LogP contribution in [0, 0.1) is 0 Å². The van der Waals surface area contributed by atoms with Crippen LogP contribution in [0.4, 0.5) is 0 Å². The maximum atomic E-state index is 3.66. The number of hydrogen-bond acceptors (Lipinski definition) is 0. The van der Waals surface area contributed by atoms with Gasteiger partial charge in [0.05, 0.1) is 12.0 Å². The van der Waals surface area contributed by atoms with Gasteiger partial charge in [-0.1, -0.05) is 117 Å². The van der Waals surface area contributed by atoms with E-state index in [0.29, 0.717) is 12.0 Å². The largest absolute Gasteiger partial charge is 0.257 e. The molecule has 2 heteroatoms. The van der Waals surface area contributed by atoms with E-state index < -0.39 is 0 Å². The summed E-state index contributed by atoms with van der Waals surface area (Å²) in [7, 11) is 0. The Hall–Kier alpha value is -0.790. The topological polar surface area (TPSA) is 19.7 Å². The number of imidazole rings is 1. The summed E-state index contributed by atoms with van der Waals surface area (Å²) in [6.07, 6.45) is 30.9. The molecule has 0 amide bonds. The van der Waals surface area contributed by atoms with Crippen LogP contribution in [0.25, 0.3) is 0 Å². The van der Waals surface area contributed by atoms with Crippen LogP contribution in [0.5, 0.6) is 0 Å². The van der Waals surface area contributed by atoms with Gasteiger partial charge in [-0.2, -0.15) is 0 Å². The first-order valence-electron chi connectivity index (χ1n) is 13.8. The summed E-state index contributed by atoms with van der Waals surface area (Å²) in [4.78, 5) is 3.66. The fourth-order valence-corrected chi connectivity index (χ4v) is 4.84. The van der Waals surface area contributed by atoms with E-state index in [9.17, 15) is 0 Å². The lowest BCUT2D eigenvalue weighted by Gasteiger charge is -2.17. The molecule has 0 aliphatic rings. The Morgan fingerprint density at radius 3 is 1.67 bits per heavy atom. The molecule has 0 aliphatic heterocycles. The monoisotopic (exact) mass is 419 g/mol. The summed E-state index contributed by atoms with van der Waals surface area (Å²) in [5, 5.41) is 0. The van der Waals surface area contributed by atoms with Gasteiger partial charge in [0.15, 0.2) is 0 Å². The Bertz CT molecular complexity index is 479. The lowest BCUT2D eigenvalue weighted by Crippen LogP contribution is -2.41. The van der Waals surface area contributed by atoms with Crippen LogP contribution >= 0.6 is 0 Å². The van der Waals surface area contributed by atoms with Crippen molar-refractivity contribution < 1.29 is 4.57 Å². The second kappa shape index (κ2) is 18.9. The normalized spacial score (nSPS) is 13.6. The highest BCUT2D eigenvalue weighted by Gasteiger charge is 2.25. The quantitative estimate of drug-likeness (QED) is 0.151. The Labute approximate surface area is 189 Å². The summed E-state index contributed by atoms with van der Waals surface area (Å²) >= 11 is 0. The van der Waals surface area contributed by atoms with Crippen molar-refractivity contribution in [2.45, 2.75) is 162 Å². The van der Waals surface area contributed by atoms with Crippen LogP contribution in [0.2, 0.25) is 0 Å². The number of aromatic nitrogens is 2. The molecule has 0 aromatic carbocycles. The molecule has 0 aliphatic carbocycles. The van der Waals surface area contributed by atoms with Crippen LogP contribution < -0.4 is 4.57 Å². The molecule has 1 rings (SSSR count). The van der Waals surface area contributed by atoms with E-state index >= 15 is 0 Å². The van der Waals surface area contributed by atoms with E-state index in [0.717, 1.165) is 0 Å². The molecular weight excluding hydrogens is 364 g/mol. The van der Waals surface area contributed by atoms with E-state index in [4.69, 9.17) is 0 Å². The van der Waals surface area contributed by atoms with Crippen LogP contribution in [0.3, 0.4) is 0 Å². The van der Waals surface area contributed by atoms with Crippen LogP contribution in [0.1, 0.15) is 167 Å². The van der Waals surface area contributed by atoms with Gasteiger partial charge in [-0.3, -0.25) is 0 Å². The molecular formula is C28H55N2+. The van der Waals surface area contributed by atoms with E-state index in [2.05, 4.69) is 49.6 Å². The minimum absolute atomic E-state index is 0.625. The molecule has 1 aromatic rings. The van der Waals surface area contributed by atoms with Gasteiger partial charge in [-0.05, 0) is 32.6 Å². The second-order valence-corrected chi connectivity index (χ2v) is 9.76. The molecule has 1 aromatic heterocycles. The van der Waals surface area contributed by atoms with Gasteiger partial charge in [0.2, 0.25) is 0 Å². The number of nitrogens with one attached hydrogen (secondary N) is 1. The maximum Gasteiger partial charge on any atom is 0.257 e. The summed E-state index contributed by atoms with van der Waals surface area (Å²) in [6, 6.07) is 0.625. The van der Waals surface area contributed by atoms with Crippen molar-refractivity contribution in [2.75, 3.05) is 0 Å². The summed E-state index contributed by atoms with van der Waals surface area (Å²) in [5.74, 6) is 2.22. The minimum Gasteiger partial charge on any atom is -0.247 e. The fourth-order valence-electron chi connectivity index (χ4n) is 4.84. The second-order valence-electron chi connectivity index (χ2n) is 9.76. The molecule has 2 atom stereocenters. The first kappa shape index (κ1) is 27.2. The molecule has 176 valence electrons. The average molecular weight is 420 g/mol. The highest BCUT2D eigenvalue weighted by Crippen LogP contribution is 2.27. The molecule has 30 heavy (non-hydrogen) atoms. The average Bonchev–Trinajstić information content (AvgIpc) is 3.24. The number of aromatic amines is 1. The number of rotatable bonds is 21.